The number of nitrogens with zero attached hydrogens (tertiary/aromatic N) is 2. The fourth-order valence-corrected chi connectivity index (χ4v) is 3.83. The third-order valence-corrected chi connectivity index (χ3v) is 5.62. The van der Waals surface area contributed by atoms with Gasteiger partial charge in [-0.2, -0.15) is 0 Å². The summed E-state index contributed by atoms with van der Waals surface area (Å²) in [6.45, 7) is 8.32. The number of hydrogen-bond acceptors (Lipinski definition) is 1. The van der Waals surface area contributed by atoms with E-state index < -0.39 is 0 Å². The molecule has 0 amide bonds. The lowest BCUT2D eigenvalue weighted by Crippen LogP contribution is -2.29. The second-order valence-electron chi connectivity index (χ2n) is 7.82. The Balaban J connectivity index is 1.79. The first-order valence-corrected chi connectivity index (χ1v) is 11.3. The maximum absolute atomic E-state index is 10.0. The van der Waals surface area contributed by atoms with E-state index in [9.17, 15) is 5.11 Å². The number of aliphatic hydroxyl groups excluding tert-OH is 1. The van der Waals surface area contributed by atoms with Gasteiger partial charge in [-0.15, -0.1) is 0 Å². The van der Waals surface area contributed by atoms with Gasteiger partial charge in [-0.25, -0.2) is 9.48 Å². The second kappa shape index (κ2) is 15.5. The number of rotatable bonds is 17. The standard InChI is InChI=1S/C22H44N2O/c1-3-5-6-7-8-9-10-11-12-13-14-15-16-17-18-19-24-21-20-23(4-2)22(24)25/h3-21H2,1-2H3/p+1. The van der Waals surface area contributed by atoms with Crippen LogP contribution in [0.1, 0.15) is 110 Å². The monoisotopic (exact) mass is 353 g/mol. The molecule has 0 aromatic heterocycles. The molecular weight excluding hydrogens is 308 g/mol. The number of likely N-dealkylation sites (N-methyl/N-ethyl adjacent to an activating group) is 1. The van der Waals surface area contributed by atoms with Gasteiger partial charge in [0, 0.05) is 0 Å². The maximum Gasteiger partial charge on any atom is 0.444 e. The lowest BCUT2D eigenvalue weighted by atomic mass is 10.0. The van der Waals surface area contributed by atoms with Crippen LogP contribution in [0.2, 0.25) is 0 Å². The lowest BCUT2D eigenvalue weighted by molar-refractivity contribution is -0.525. The van der Waals surface area contributed by atoms with Crippen LogP contribution in [0, 0.1) is 0 Å². The molecular formula is C22H45N2O+. The molecule has 1 N–H and O–H groups in total. The van der Waals surface area contributed by atoms with E-state index in [0.29, 0.717) is 6.02 Å². The normalized spacial score (nSPS) is 14.7. The minimum atomic E-state index is 0.507. The van der Waals surface area contributed by atoms with Gasteiger partial charge in [0.2, 0.25) is 0 Å². The summed E-state index contributed by atoms with van der Waals surface area (Å²) >= 11 is 0. The van der Waals surface area contributed by atoms with Crippen molar-refractivity contribution in [3.63, 3.8) is 0 Å². The predicted octanol–water partition coefficient (Wildman–Crippen LogP) is 6.12. The molecule has 25 heavy (non-hydrogen) atoms. The molecule has 0 atom stereocenters. The Morgan fingerprint density at radius 2 is 1.16 bits per heavy atom. The van der Waals surface area contributed by atoms with Crippen LogP contribution in [-0.2, 0) is 0 Å². The van der Waals surface area contributed by atoms with Crippen molar-refractivity contribution < 1.29 is 9.68 Å². The van der Waals surface area contributed by atoms with Crippen LogP contribution in [-0.4, -0.2) is 46.8 Å². The minimum absolute atomic E-state index is 0.507. The largest absolute Gasteiger partial charge is 0.447 e. The summed E-state index contributed by atoms with van der Waals surface area (Å²) in [6, 6.07) is 0.507. The molecule has 0 aliphatic carbocycles. The van der Waals surface area contributed by atoms with E-state index in [1.165, 1.54) is 96.3 Å². The molecule has 0 radical (unpaired) electrons. The number of amidine groups is 1. The Bertz CT molecular complexity index is 341. The summed E-state index contributed by atoms with van der Waals surface area (Å²) in [4.78, 5) is 2.06. The Hall–Kier alpha value is -0.730. The van der Waals surface area contributed by atoms with Crippen LogP contribution in [0.25, 0.3) is 0 Å². The van der Waals surface area contributed by atoms with Crippen LogP contribution in [0.3, 0.4) is 0 Å². The molecule has 1 aliphatic rings. The quantitative estimate of drug-likeness (QED) is 0.252. The molecule has 3 nitrogen and oxygen atoms in total. The molecule has 0 aromatic rings. The highest BCUT2D eigenvalue weighted by atomic mass is 16.3. The molecule has 1 aliphatic heterocycles. The molecule has 0 unspecified atom stereocenters. The van der Waals surface area contributed by atoms with Gasteiger partial charge < -0.3 is 5.11 Å². The molecule has 0 bridgehead atoms. The average Bonchev–Trinajstić information content (AvgIpc) is 2.98. The van der Waals surface area contributed by atoms with Crippen molar-refractivity contribution in [1.82, 2.24) is 4.90 Å². The van der Waals surface area contributed by atoms with Crippen molar-refractivity contribution in [2.75, 3.05) is 26.2 Å². The Kier molecular flexibility index (Phi) is 13.8. The zero-order valence-electron chi connectivity index (χ0n) is 17.3. The summed E-state index contributed by atoms with van der Waals surface area (Å²) in [5.41, 5.74) is 0. The van der Waals surface area contributed by atoms with E-state index >= 15 is 0 Å². The van der Waals surface area contributed by atoms with Gasteiger partial charge in [0.05, 0.1) is 13.1 Å². The zero-order valence-corrected chi connectivity index (χ0v) is 17.3. The first kappa shape index (κ1) is 22.3. The minimum Gasteiger partial charge on any atom is -0.447 e. The van der Waals surface area contributed by atoms with Crippen LogP contribution >= 0.6 is 0 Å². The average molecular weight is 354 g/mol. The lowest BCUT2D eigenvalue weighted by Gasteiger charge is -2.05. The summed E-state index contributed by atoms with van der Waals surface area (Å²) in [7, 11) is 0. The van der Waals surface area contributed by atoms with Crippen LogP contribution < -0.4 is 0 Å². The summed E-state index contributed by atoms with van der Waals surface area (Å²) in [5, 5.41) is 10.0. The van der Waals surface area contributed by atoms with Crippen LogP contribution in [0.15, 0.2) is 0 Å². The third kappa shape index (κ3) is 10.8. The van der Waals surface area contributed by atoms with Crippen molar-refractivity contribution in [3.8, 4) is 0 Å². The first-order chi connectivity index (χ1) is 12.3. The Morgan fingerprint density at radius 1 is 0.720 bits per heavy atom. The van der Waals surface area contributed by atoms with Crippen molar-refractivity contribution >= 4 is 6.02 Å². The number of hydrogen-bond donors (Lipinski definition) is 1. The fourth-order valence-electron chi connectivity index (χ4n) is 3.83. The number of aliphatic hydroxyl groups is 1. The summed E-state index contributed by atoms with van der Waals surface area (Å²) in [5.74, 6) is 0. The van der Waals surface area contributed by atoms with Crippen molar-refractivity contribution in [1.29, 1.82) is 0 Å². The SMILES string of the molecule is CCCCCCCCCCCCCCCCC[N+]1=C(O)N(CC)CC1. The van der Waals surface area contributed by atoms with Crippen LogP contribution in [0.5, 0.6) is 0 Å². The fraction of sp³-hybridized carbons (Fsp3) is 0.955. The zero-order chi connectivity index (χ0) is 18.2. The molecule has 1 rings (SSSR count). The Labute approximate surface area is 157 Å². The maximum atomic E-state index is 10.0. The van der Waals surface area contributed by atoms with Gasteiger partial charge in [-0.3, -0.25) is 0 Å². The van der Waals surface area contributed by atoms with Gasteiger partial charge in [-0.05, 0) is 19.8 Å². The molecule has 0 fully saturated rings. The second-order valence-corrected chi connectivity index (χ2v) is 7.82. The predicted molar refractivity (Wildman–Crippen MR) is 110 cm³/mol. The van der Waals surface area contributed by atoms with Crippen molar-refractivity contribution in [2.45, 2.75) is 110 Å². The van der Waals surface area contributed by atoms with Gasteiger partial charge >= 0.3 is 6.02 Å². The van der Waals surface area contributed by atoms with E-state index in [2.05, 4.69) is 23.3 Å². The van der Waals surface area contributed by atoms with Crippen LogP contribution in [0.4, 0.5) is 0 Å². The molecule has 0 saturated carbocycles. The molecule has 148 valence electrons. The van der Waals surface area contributed by atoms with Crippen molar-refractivity contribution in [3.05, 3.63) is 0 Å². The molecule has 0 spiro atoms. The number of unbranched alkanes of at least 4 members (excludes halogenated alkanes) is 14. The summed E-state index contributed by atoms with van der Waals surface area (Å²) in [6.07, 6.45) is 21.1. The van der Waals surface area contributed by atoms with Crippen molar-refractivity contribution in [2.24, 2.45) is 0 Å². The van der Waals surface area contributed by atoms with E-state index in [-0.39, 0.29) is 0 Å². The highest BCUT2D eigenvalue weighted by molar-refractivity contribution is 5.67. The summed E-state index contributed by atoms with van der Waals surface area (Å²) < 4.78 is 2.14. The van der Waals surface area contributed by atoms with Gasteiger partial charge in [0.15, 0.2) is 0 Å². The van der Waals surface area contributed by atoms with E-state index in [1.54, 1.807) is 0 Å². The van der Waals surface area contributed by atoms with Gasteiger partial charge in [0.1, 0.15) is 13.1 Å². The highest BCUT2D eigenvalue weighted by Gasteiger charge is 2.27. The smallest absolute Gasteiger partial charge is 0.444 e. The molecule has 3 heteroatoms. The Morgan fingerprint density at radius 3 is 1.56 bits per heavy atom. The molecule has 0 aromatic carbocycles. The molecule has 0 saturated heterocycles. The van der Waals surface area contributed by atoms with E-state index in [4.69, 9.17) is 0 Å². The molecule has 1 heterocycles. The van der Waals surface area contributed by atoms with E-state index in [1.807, 2.05) is 0 Å². The third-order valence-electron chi connectivity index (χ3n) is 5.62. The van der Waals surface area contributed by atoms with E-state index in [0.717, 1.165) is 26.2 Å². The first-order valence-electron chi connectivity index (χ1n) is 11.3. The van der Waals surface area contributed by atoms with Gasteiger partial charge in [0.25, 0.3) is 0 Å². The topological polar surface area (TPSA) is 26.5 Å². The van der Waals surface area contributed by atoms with Gasteiger partial charge in [-0.1, -0.05) is 90.4 Å². The highest BCUT2D eigenvalue weighted by Crippen LogP contribution is 2.13.